The van der Waals surface area contributed by atoms with Crippen molar-refractivity contribution in [2.45, 2.75) is 50.3 Å². The van der Waals surface area contributed by atoms with Crippen molar-refractivity contribution in [2.75, 3.05) is 0 Å². The van der Waals surface area contributed by atoms with Crippen molar-refractivity contribution in [3.05, 3.63) is 19.2 Å². The van der Waals surface area contributed by atoms with E-state index >= 15 is 0 Å². The highest BCUT2D eigenvalue weighted by Crippen LogP contribution is 2.50. The standard InChI is InChI=1S/C15H19Br2ClS/c16-13-8-12(15(17)19-13)14(18)11-6-5-9-3-1-2-4-10(9)7-11/h8-11,14H,1-7H2. The van der Waals surface area contributed by atoms with Crippen molar-refractivity contribution in [2.24, 2.45) is 17.8 Å². The summed E-state index contributed by atoms with van der Waals surface area (Å²) in [5.41, 5.74) is 1.29. The molecule has 2 fully saturated rings. The molecule has 0 bridgehead atoms. The Labute approximate surface area is 141 Å². The third kappa shape index (κ3) is 3.25. The summed E-state index contributed by atoms with van der Waals surface area (Å²) in [6.45, 7) is 0. The van der Waals surface area contributed by atoms with Crippen molar-refractivity contribution < 1.29 is 0 Å². The van der Waals surface area contributed by atoms with Crippen LogP contribution in [0.15, 0.2) is 13.6 Å². The topological polar surface area (TPSA) is 0 Å². The van der Waals surface area contributed by atoms with Crippen LogP contribution in [0.3, 0.4) is 0 Å². The molecule has 1 aromatic rings. The number of halogens is 3. The fourth-order valence-electron chi connectivity index (χ4n) is 3.97. The number of hydrogen-bond acceptors (Lipinski definition) is 1. The highest BCUT2D eigenvalue weighted by atomic mass is 79.9. The molecule has 2 saturated carbocycles. The first kappa shape index (κ1) is 14.9. The maximum absolute atomic E-state index is 6.79. The summed E-state index contributed by atoms with van der Waals surface area (Å²) in [6.07, 6.45) is 9.88. The molecule has 3 rings (SSSR count). The van der Waals surface area contributed by atoms with Gasteiger partial charge in [0.25, 0.3) is 0 Å². The Hall–Kier alpha value is 0.950. The van der Waals surface area contributed by atoms with E-state index in [1.54, 1.807) is 11.3 Å². The van der Waals surface area contributed by atoms with Gasteiger partial charge in [-0.05, 0) is 80.5 Å². The lowest BCUT2D eigenvalue weighted by molar-refractivity contribution is 0.127. The van der Waals surface area contributed by atoms with Crippen LogP contribution in [0.2, 0.25) is 0 Å². The van der Waals surface area contributed by atoms with Crippen LogP contribution in [0.25, 0.3) is 0 Å². The molecule has 0 radical (unpaired) electrons. The molecule has 0 aliphatic heterocycles. The maximum atomic E-state index is 6.79. The van der Waals surface area contributed by atoms with Crippen molar-refractivity contribution in [1.82, 2.24) is 0 Å². The Morgan fingerprint density at radius 1 is 1.11 bits per heavy atom. The van der Waals surface area contributed by atoms with Crippen molar-refractivity contribution >= 4 is 54.8 Å². The molecule has 19 heavy (non-hydrogen) atoms. The Balaban J connectivity index is 1.70. The fourth-order valence-corrected chi connectivity index (χ4v) is 7.50. The van der Waals surface area contributed by atoms with E-state index in [9.17, 15) is 0 Å². The van der Waals surface area contributed by atoms with E-state index in [1.807, 2.05) is 0 Å². The zero-order chi connectivity index (χ0) is 13.4. The first-order valence-electron chi connectivity index (χ1n) is 7.24. The molecule has 0 aromatic carbocycles. The summed E-state index contributed by atoms with van der Waals surface area (Å²) in [6, 6.07) is 2.19. The summed E-state index contributed by atoms with van der Waals surface area (Å²) in [7, 11) is 0. The van der Waals surface area contributed by atoms with Crippen molar-refractivity contribution in [3.63, 3.8) is 0 Å². The van der Waals surface area contributed by atoms with E-state index in [-0.39, 0.29) is 5.38 Å². The lowest BCUT2D eigenvalue weighted by Gasteiger charge is -2.40. The lowest BCUT2D eigenvalue weighted by atomic mass is 9.66. The van der Waals surface area contributed by atoms with E-state index in [1.165, 1.54) is 58.1 Å². The van der Waals surface area contributed by atoms with E-state index < -0.39 is 0 Å². The van der Waals surface area contributed by atoms with E-state index in [0.717, 1.165) is 11.8 Å². The van der Waals surface area contributed by atoms with Crippen LogP contribution < -0.4 is 0 Å². The largest absolute Gasteiger partial charge is 0.121 e. The van der Waals surface area contributed by atoms with Crippen LogP contribution in [0.5, 0.6) is 0 Å². The predicted octanol–water partition coefficient (Wildman–Crippen LogP) is 7.16. The number of fused-ring (bicyclic) bond motifs is 1. The van der Waals surface area contributed by atoms with Crippen LogP contribution in [0.4, 0.5) is 0 Å². The molecule has 2 aliphatic rings. The average molecular weight is 427 g/mol. The molecule has 1 aromatic heterocycles. The van der Waals surface area contributed by atoms with Gasteiger partial charge in [0.1, 0.15) is 0 Å². The molecule has 4 atom stereocenters. The number of hydrogen-bond donors (Lipinski definition) is 0. The molecule has 2 aliphatic carbocycles. The summed E-state index contributed by atoms with van der Waals surface area (Å²) < 4.78 is 2.37. The molecule has 0 spiro atoms. The predicted molar refractivity (Wildman–Crippen MR) is 91.1 cm³/mol. The lowest BCUT2D eigenvalue weighted by Crippen LogP contribution is -2.29. The van der Waals surface area contributed by atoms with E-state index in [4.69, 9.17) is 11.6 Å². The van der Waals surface area contributed by atoms with Crippen LogP contribution in [-0.4, -0.2) is 0 Å². The zero-order valence-corrected chi connectivity index (χ0v) is 15.6. The van der Waals surface area contributed by atoms with Gasteiger partial charge in [0.05, 0.1) is 12.9 Å². The Morgan fingerprint density at radius 3 is 2.53 bits per heavy atom. The quantitative estimate of drug-likeness (QED) is 0.440. The molecular weight excluding hydrogens is 407 g/mol. The first-order chi connectivity index (χ1) is 9.15. The molecule has 0 nitrogen and oxygen atoms in total. The SMILES string of the molecule is ClC(c1cc(Br)sc1Br)C1CCC2CCCCC2C1. The molecule has 1 heterocycles. The molecule has 4 unspecified atom stereocenters. The van der Waals surface area contributed by atoms with Crippen LogP contribution in [-0.2, 0) is 0 Å². The van der Waals surface area contributed by atoms with Gasteiger partial charge in [0, 0.05) is 0 Å². The zero-order valence-electron chi connectivity index (χ0n) is 10.9. The molecule has 0 amide bonds. The Kier molecular flexibility index (Phi) is 4.99. The van der Waals surface area contributed by atoms with Gasteiger partial charge in [-0.2, -0.15) is 0 Å². The number of rotatable bonds is 2. The molecule has 4 heteroatoms. The van der Waals surface area contributed by atoms with Crippen LogP contribution >= 0.6 is 54.8 Å². The minimum atomic E-state index is 0.180. The number of alkyl halides is 1. The average Bonchev–Trinajstić information content (AvgIpc) is 2.76. The Bertz CT molecular complexity index is 445. The third-order valence-electron chi connectivity index (χ3n) is 4.97. The molecule has 106 valence electrons. The van der Waals surface area contributed by atoms with Gasteiger partial charge < -0.3 is 0 Å². The van der Waals surface area contributed by atoms with Crippen LogP contribution in [0, 0.1) is 17.8 Å². The van der Waals surface area contributed by atoms with Gasteiger partial charge in [0.15, 0.2) is 0 Å². The normalized spacial score (nSPS) is 32.9. The van der Waals surface area contributed by atoms with Gasteiger partial charge in [-0.15, -0.1) is 22.9 Å². The van der Waals surface area contributed by atoms with Crippen molar-refractivity contribution in [1.29, 1.82) is 0 Å². The molecule has 0 saturated heterocycles. The van der Waals surface area contributed by atoms with Gasteiger partial charge >= 0.3 is 0 Å². The minimum Gasteiger partial charge on any atom is -0.121 e. The Morgan fingerprint density at radius 2 is 1.84 bits per heavy atom. The van der Waals surface area contributed by atoms with Gasteiger partial charge in [-0.3, -0.25) is 0 Å². The monoisotopic (exact) mass is 424 g/mol. The molecular formula is C15H19Br2ClS. The number of thiophene rings is 1. The smallest absolute Gasteiger partial charge is 0.0757 e. The minimum absolute atomic E-state index is 0.180. The van der Waals surface area contributed by atoms with Crippen LogP contribution in [0.1, 0.15) is 55.9 Å². The van der Waals surface area contributed by atoms with Gasteiger partial charge in [-0.1, -0.05) is 25.7 Å². The maximum Gasteiger partial charge on any atom is 0.0757 e. The second-order valence-corrected chi connectivity index (χ2v) is 10.3. The van der Waals surface area contributed by atoms with E-state index in [2.05, 4.69) is 37.9 Å². The highest BCUT2D eigenvalue weighted by molar-refractivity contribution is 9.12. The first-order valence-corrected chi connectivity index (χ1v) is 10.1. The summed E-state index contributed by atoms with van der Waals surface area (Å²) in [5, 5.41) is 0.180. The van der Waals surface area contributed by atoms with Crippen molar-refractivity contribution in [3.8, 4) is 0 Å². The summed E-state index contributed by atoms with van der Waals surface area (Å²) in [4.78, 5) is 0. The summed E-state index contributed by atoms with van der Waals surface area (Å²) in [5.74, 6) is 2.62. The fraction of sp³-hybridized carbons (Fsp3) is 0.733. The van der Waals surface area contributed by atoms with Gasteiger partial charge in [0.2, 0.25) is 0 Å². The van der Waals surface area contributed by atoms with E-state index in [0.29, 0.717) is 5.92 Å². The third-order valence-corrected chi connectivity index (χ3v) is 7.95. The molecule has 0 N–H and O–H groups in total. The van der Waals surface area contributed by atoms with Gasteiger partial charge in [-0.25, -0.2) is 0 Å². The summed E-state index contributed by atoms with van der Waals surface area (Å²) >= 11 is 15.7. The second kappa shape index (κ2) is 6.37. The second-order valence-electron chi connectivity index (χ2n) is 6.06. The highest BCUT2D eigenvalue weighted by Gasteiger charge is 2.36.